The van der Waals surface area contributed by atoms with Crippen molar-refractivity contribution in [2.75, 3.05) is 5.32 Å². The van der Waals surface area contributed by atoms with E-state index >= 15 is 0 Å². The Morgan fingerprint density at radius 3 is 2.58 bits per heavy atom. The van der Waals surface area contributed by atoms with Gasteiger partial charge in [-0.15, -0.1) is 0 Å². The summed E-state index contributed by atoms with van der Waals surface area (Å²) in [4.78, 5) is 23.3. The molecule has 2 rings (SSSR count). The smallest absolute Gasteiger partial charge is 0.307 e. The van der Waals surface area contributed by atoms with Crippen molar-refractivity contribution in [1.29, 1.82) is 0 Å². The lowest BCUT2D eigenvalue weighted by atomic mass is 9.95. The van der Waals surface area contributed by atoms with Crippen LogP contribution in [-0.4, -0.2) is 17.0 Å². The second kappa shape index (κ2) is 5.43. The van der Waals surface area contributed by atoms with Crippen molar-refractivity contribution >= 4 is 17.6 Å². The minimum atomic E-state index is -0.862. The van der Waals surface area contributed by atoms with E-state index in [1.54, 1.807) is 0 Å². The van der Waals surface area contributed by atoms with Crippen molar-refractivity contribution in [3.8, 4) is 0 Å². The van der Waals surface area contributed by atoms with Crippen molar-refractivity contribution in [2.24, 2.45) is 11.8 Å². The standard InChI is InChI=1S/C15H19NO3/c1-9-6-7-10(2)13(8-9)16-14(17)11-4-3-5-12(11)15(18)19/h6-8,11-12H,3-5H2,1-2H3,(H,16,17)(H,18,19). The van der Waals surface area contributed by atoms with Crippen LogP contribution in [0.25, 0.3) is 0 Å². The summed E-state index contributed by atoms with van der Waals surface area (Å²) in [6, 6.07) is 5.85. The third-order valence-corrected chi connectivity index (χ3v) is 3.82. The maximum atomic E-state index is 12.2. The third-order valence-electron chi connectivity index (χ3n) is 3.82. The van der Waals surface area contributed by atoms with Crippen LogP contribution < -0.4 is 5.32 Å². The van der Waals surface area contributed by atoms with Crippen molar-refractivity contribution < 1.29 is 14.7 Å². The van der Waals surface area contributed by atoms with Crippen LogP contribution in [0.4, 0.5) is 5.69 Å². The number of carbonyl (C=O) groups is 2. The zero-order valence-electron chi connectivity index (χ0n) is 11.3. The lowest BCUT2D eigenvalue weighted by Gasteiger charge is -2.17. The van der Waals surface area contributed by atoms with E-state index in [-0.39, 0.29) is 5.91 Å². The van der Waals surface area contributed by atoms with Crippen LogP contribution in [-0.2, 0) is 9.59 Å². The predicted molar refractivity (Wildman–Crippen MR) is 73.0 cm³/mol. The molecule has 0 heterocycles. The van der Waals surface area contributed by atoms with E-state index in [0.717, 1.165) is 23.2 Å². The molecule has 4 nitrogen and oxygen atoms in total. The number of carboxylic acid groups (broad SMARTS) is 1. The Bertz CT molecular complexity index is 510. The molecule has 0 aromatic heterocycles. The van der Waals surface area contributed by atoms with Gasteiger partial charge < -0.3 is 10.4 Å². The van der Waals surface area contributed by atoms with Crippen molar-refractivity contribution in [1.82, 2.24) is 0 Å². The number of hydrogen-bond donors (Lipinski definition) is 2. The maximum Gasteiger partial charge on any atom is 0.307 e. The van der Waals surface area contributed by atoms with Crippen molar-refractivity contribution in [3.05, 3.63) is 29.3 Å². The molecule has 0 aliphatic heterocycles. The molecule has 1 aromatic carbocycles. The first-order valence-corrected chi connectivity index (χ1v) is 6.60. The average molecular weight is 261 g/mol. The van der Waals surface area contributed by atoms with Gasteiger partial charge in [0.1, 0.15) is 0 Å². The Morgan fingerprint density at radius 2 is 1.89 bits per heavy atom. The zero-order valence-corrected chi connectivity index (χ0v) is 11.3. The highest BCUT2D eigenvalue weighted by Gasteiger charge is 2.37. The molecule has 0 radical (unpaired) electrons. The number of nitrogens with one attached hydrogen (secondary N) is 1. The molecule has 2 unspecified atom stereocenters. The second-order valence-electron chi connectivity index (χ2n) is 5.29. The average Bonchev–Trinajstić information content (AvgIpc) is 2.83. The van der Waals surface area contributed by atoms with Crippen molar-refractivity contribution in [2.45, 2.75) is 33.1 Å². The largest absolute Gasteiger partial charge is 0.481 e. The summed E-state index contributed by atoms with van der Waals surface area (Å²) in [5.74, 6) is -1.97. The van der Waals surface area contributed by atoms with Gasteiger partial charge in [0, 0.05) is 5.69 Å². The molecule has 1 saturated carbocycles. The number of anilines is 1. The van der Waals surface area contributed by atoms with Crippen LogP contribution in [0.3, 0.4) is 0 Å². The van der Waals surface area contributed by atoms with E-state index in [2.05, 4.69) is 5.32 Å². The summed E-state index contributed by atoms with van der Waals surface area (Å²) in [5.41, 5.74) is 2.84. The molecule has 0 saturated heterocycles. The van der Waals surface area contributed by atoms with E-state index in [4.69, 9.17) is 5.11 Å². The first-order chi connectivity index (χ1) is 8.99. The number of rotatable bonds is 3. The van der Waals surface area contributed by atoms with Crippen LogP contribution in [0.1, 0.15) is 30.4 Å². The molecule has 1 aliphatic rings. The monoisotopic (exact) mass is 261 g/mol. The molecule has 1 aromatic rings. The van der Waals surface area contributed by atoms with Gasteiger partial charge >= 0.3 is 5.97 Å². The van der Waals surface area contributed by atoms with Crippen LogP contribution in [0.5, 0.6) is 0 Å². The predicted octanol–water partition coefficient (Wildman–Crippen LogP) is 2.74. The first kappa shape index (κ1) is 13.6. The highest BCUT2D eigenvalue weighted by molar-refractivity contribution is 5.96. The summed E-state index contributed by atoms with van der Waals surface area (Å²) in [6.07, 6.45) is 2.07. The molecule has 1 amide bonds. The Balaban J connectivity index is 2.12. The topological polar surface area (TPSA) is 66.4 Å². The van der Waals surface area contributed by atoms with Gasteiger partial charge in [0.05, 0.1) is 11.8 Å². The molecule has 0 spiro atoms. The van der Waals surface area contributed by atoms with Gasteiger partial charge in [-0.1, -0.05) is 18.6 Å². The van der Waals surface area contributed by atoms with E-state index in [1.165, 1.54) is 0 Å². The molecule has 19 heavy (non-hydrogen) atoms. The summed E-state index contributed by atoms with van der Waals surface area (Å²) >= 11 is 0. The lowest BCUT2D eigenvalue weighted by molar-refractivity contribution is -0.145. The fourth-order valence-corrected chi connectivity index (χ4v) is 2.67. The van der Waals surface area contributed by atoms with E-state index in [1.807, 2.05) is 32.0 Å². The lowest BCUT2D eigenvalue weighted by Crippen LogP contribution is -2.30. The van der Waals surface area contributed by atoms with Crippen molar-refractivity contribution in [3.63, 3.8) is 0 Å². The van der Waals surface area contributed by atoms with Gasteiger partial charge in [-0.2, -0.15) is 0 Å². The van der Waals surface area contributed by atoms with Crippen LogP contribution >= 0.6 is 0 Å². The molecule has 1 aliphatic carbocycles. The Labute approximate surface area is 112 Å². The molecule has 102 valence electrons. The first-order valence-electron chi connectivity index (χ1n) is 6.60. The van der Waals surface area contributed by atoms with Crippen LogP contribution in [0.15, 0.2) is 18.2 Å². The van der Waals surface area contributed by atoms with Gasteiger partial charge in [-0.05, 0) is 43.9 Å². The number of carbonyl (C=O) groups excluding carboxylic acids is 1. The molecule has 1 fully saturated rings. The Hall–Kier alpha value is -1.84. The van der Waals surface area contributed by atoms with Gasteiger partial charge in [-0.25, -0.2) is 0 Å². The molecule has 4 heteroatoms. The quantitative estimate of drug-likeness (QED) is 0.879. The number of aliphatic carboxylic acids is 1. The Kier molecular flexibility index (Phi) is 3.88. The van der Waals surface area contributed by atoms with Crippen LogP contribution in [0, 0.1) is 25.7 Å². The molecule has 2 atom stereocenters. The number of aryl methyl sites for hydroxylation is 2. The fourth-order valence-electron chi connectivity index (χ4n) is 2.67. The summed E-state index contributed by atoms with van der Waals surface area (Å²) < 4.78 is 0. The Morgan fingerprint density at radius 1 is 1.21 bits per heavy atom. The number of carboxylic acids is 1. The second-order valence-corrected chi connectivity index (χ2v) is 5.29. The van der Waals surface area contributed by atoms with E-state index < -0.39 is 17.8 Å². The summed E-state index contributed by atoms with van der Waals surface area (Å²) in [6.45, 7) is 3.89. The third kappa shape index (κ3) is 2.95. The maximum absolute atomic E-state index is 12.2. The normalized spacial score (nSPS) is 22.2. The minimum absolute atomic E-state index is 0.168. The number of amides is 1. The number of benzene rings is 1. The molecule has 0 bridgehead atoms. The minimum Gasteiger partial charge on any atom is -0.481 e. The molecular weight excluding hydrogens is 242 g/mol. The molecular formula is C15H19NO3. The number of hydrogen-bond acceptors (Lipinski definition) is 2. The zero-order chi connectivity index (χ0) is 14.0. The summed E-state index contributed by atoms with van der Waals surface area (Å²) in [5, 5.41) is 12.0. The van der Waals surface area contributed by atoms with Gasteiger partial charge in [-0.3, -0.25) is 9.59 Å². The van der Waals surface area contributed by atoms with Gasteiger partial charge in [0.25, 0.3) is 0 Å². The van der Waals surface area contributed by atoms with Gasteiger partial charge in [0.2, 0.25) is 5.91 Å². The highest BCUT2D eigenvalue weighted by atomic mass is 16.4. The fraction of sp³-hybridized carbons (Fsp3) is 0.467. The highest BCUT2D eigenvalue weighted by Crippen LogP contribution is 2.33. The summed E-state index contributed by atoms with van der Waals surface area (Å²) in [7, 11) is 0. The van der Waals surface area contributed by atoms with E-state index in [9.17, 15) is 9.59 Å². The van der Waals surface area contributed by atoms with E-state index in [0.29, 0.717) is 12.8 Å². The molecule has 2 N–H and O–H groups in total. The van der Waals surface area contributed by atoms with Crippen LogP contribution in [0.2, 0.25) is 0 Å². The SMILES string of the molecule is Cc1ccc(C)c(NC(=O)C2CCCC2C(=O)O)c1. The van der Waals surface area contributed by atoms with Gasteiger partial charge in [0.15, 0.2) is 0 Å².